The van der Waals surface area contributed by atoms with Gasteiger partial charge in [-0.3, -0.25) is 4.79 Å². The molecule has 0 aliphatic carbocycles. The van der Waals surface area contributed by atoms with Gasteiger partial charge >= 0.3 is 0 Å². The van der Waals surface area contributed by atoms with E-state index in [-0.39, 0.29) is 0 Å². The van der Waals surface area contributed by atoms with Crippen molar-refractivity contribution in [2.75, 3.05) is 17.3 Å². The third-order valence-electron chi connectivity index (χ3n) is 3.50. The maximum absolute atomic E-state index is 10.8. The van der Waals surface area contributed by atoms with Gasteiger partial charge < -0.3 is 10.2 Å². The van der Waals surface area contributed by atoms with Crippen LogP contribution in [0.1, 0.15) is 0 Å². The molecule has 5 heteroatoms. The fraction of sp³-hybridized carbons (Fsp3) is 0.0556. The van der Waals surface area contributed by atoms with Crippen LogP contribution in [0.2, 0.25) is 0 Å². The predicted molar refractivity (Wildman–Crippen MR) is 91.7 cm³/mol. The molecule has 0 fully saturated rings. The number of amides is 1. The lowest BCUT2D eigenvalue weighted by molar-refractivity contribution is -0.105. The molecule has 1 amide bonds. The molecule has 2 aromatic carbocycles. The van der Waals surface area contributed by atoms with Crippen molar-refractivity contribution in [1.82, 2.24) is 9.97 Å². The van der Waals surface area contributed by atoms with Gasteiger partial charge in [-0.05, 0) is 18.2 Å². The zero-order valence-electron chi connectivity index (χ0n) is 12.7. The second kappa shape index (κ2) is 6.70. The van der Waals surface area contributed by atoms with Gasteiger partial charge in [0.05, 0.1) is 11.4 Å². The maximum atomic E-state index is 10.8. The minimum Gasteiger partial charge on any atom is -0.328 e. The van der Waals surface area contributed by atoms with Crippen molar-refractivity contribution in [3.8, 4) is 11.4 Å². The van der Waals surface area contributed by atoms with E-state index in [1.54, 1.807) is 6.20 Å². The topological polar surface area (TPSA) is 58.1 Å². The lowest BCUT2D eigenvalue weighted by Gasteiger charge is -2.21. The molecule has 5 nitrogen and oxygen atoms in total. The molecule has 0 saturated carbocycles. The Kier molecular flexibility index (Phi) is 4.29. The Labute approximate surface area is 134 Å². The number of anilines is 3. The average Bonchev–Trinajstić information content (AvgIpc) is 2.63. The predicted octanol–water partition coefficient (Wildman–Crippen LogP) is 3.48. The highest BCUT2D eigenvalue weighted by atomic mass is 16.1. The van der Waals surface area contributed by atoms with Crippen LogP contribution in [-0.2, 0) is 4.79 Å². The van der Waals surface area contributed by atoms with E-state index >= 15 is 0 Å². The standard InChI is InChI=1S/C18H16N4O/c1-22(16-10-6-5-9-15(16)20-13-23)17-11-12-19-18(21-17)14-7-3-2-4-8-14/h2-13H,1H3,(H,20,23). The van der Waals surface area contributed by atoms with Gasteiger partial charge in [0.1, 0.15) is 5.82 Å². The first-order chi connectivity index (χ1) is 11.3. The Hall–Kier alpha value is -3.21. The molecule has 23 heavy (non-hydrogen) atoms. The van der Waals surface area contributed by atoms with Crippen LogP contribution < -0.4 is 10.2 Å². The van der Waals surface area contributed by atoms with E-state index in [4.69, 9.17) is 0 Å². The normalized spacial score (nSPS) is 10.1. The van der Waals surface area contributed by atoms with Crippen molar-refractivity contribution in [2.45, 2.75) is 0 Å². The highest BCUT2D eigenvalue weighted by Crippen LogP contribution is 2.29. The minimum absolute atomic E-state index is 0.663. The fourth-order valence-corrected chi connectivity index (χ4v) is 2.34. The van der Waals surface area contributed by atoms with Gasteiger partial charge in [0.15, 0.2) is 5.82 Å². The molecule has 0 unspecified atom stereocenters. The number of hydrogen-bond acceptors (Lipinski definition) is 4. The van der Waals surface area contributed by atoms with E-state index in [1.165, 1.54) is 0 Å². The Bertz CT molecular complexity index is 805. The molecule has 1 heterocycles. The maximum Gasteiger partial charge on any atom is 0.211 e. The summed E-state index contributed by atoms with van der Waals surface area (Å²) >= 11 is 0. The van der Waals surface area contributed by atoms with Crippen molar-refractivity contribution in [3.05, 3.63) is 66.9 Å². The van der Waals surface area contributed by atoms with E-state index in [0.717, 1.165) is 22.8 Å². The zero-order chi connectivity index (χ0) is 16.1. The summed E-state index contributed by atoms with van der Waals surface area (Å²) in [6.07, 6.45) is 2.40. The highest BCUT2D eigenvalue weighted by molar-refractivity contribution is 5.83. The molecule has 0 aliphatic heterocycles. The molecular weight excluding hydrogens is 288 g/mol. The molecule has 0 radical (unpaired) electrons. The SMILES string of the molecule is CN(c1ccnc(-c2ccccc2)n1)c1ccccc1NC=O. The molecule has 0 atom stereocenters. The van der Waals surface area contributed by atoms with E-state index in [1.807, 2.05) is 72.6 Å². The van der Waals surface area contributed by atoms with Gasteiger partial charge in [0, 0.05) is 18.8 Å². The first-order valence-corrected chi connectivity index (χ1v) is 7.21. The molecule has 0 aliphatic rings. The zero-order valence-corrected chi connectivity index (χ0v) is 12.7. The van der Waals surface area contributed by atoms with Crippen molar-refractivity contribution in [1.29, 1.82) is 0 Å². The number of carbonyl (C=O) groups excluding carboxylic acids is 1. The summed E-state index contributed by atoms with van der Waals surface area (Å²) in [6.45, 7) is 0. The molecule has 1 aromatic heterocycles. The quantitative estimate of drug-likeness (QED) is 0.733. The molecule has 3 aromatic rings. The van der Waals surface area contributed by atoms with Crippen molar-refractivity contribution in [2.24, 2.45) is 0 Å². The molecular formula is C18H16N4O. The first-order valence-electron chi connectivity index (χ1n) is 7.21. The third-order valence-corrected chi connectivity index (χ3v) is 3.50. The number of carbonyl (C=O) groups is 1. The Morgan fingerprint density at radius 3 is 2.52 bits per heavy atom. The third kappa shape index (κ3) is 3.18. The van der Waals surface area contributed by atoms with Crippen molar-refractivity contribution < 1.29 is 4.79 Å². The van der Waals surface area contributed by atoms with Crippen LogP contribution in [0.15, 0.2) is 66.9 Å². The lowest BCUT2D eigenvalue weighted by atomic mass is 10.2. The van der Waals surface area contributed by atoms with Crippen molar-refractivity contribution >= 4 is 23.6 Å². The molecule has 114 valence electrons. The van der Waals surface area contributed by atoms with E-state index in [9.17, 15) is 4.79 Å². The van der Waals surface area contributed by atoms with Crippen LogP contribution in [0, 0.1) is 0 Å². The molecule has 0 saturated heterocycles. The molecule has 0 bridgehead atoms. The second-order valence-electron chi connectivity index (χ2n) is 4.94. The fourth-order valence-electron chi connectivity index (χ4n) is 2.34. The first kappa shape index (κ1) is 14.7. The molecule has 0 spiro atoms. The smallest absolute Gasteiger partial charge is 0.211 e. The summed E-state index contributed by atoms with van der Waals surface area (Å²) < 4.78 is 0. The summed E-state index contributed by atoms with van der Waals surface area (Å²) in [5, 5.41) is 2.71. The van der Waals surface area contributed by atoms with E-state index in [2.05, 4.69) is 15.3 Å². The van der Waals surface area contributed by atoms with Crippen LogP contribution in [-0.4, -0.2) is 23.4 Å². The van der Waals surface area contributed by atoms with Gasteiger partial charge in [-0.15, -0.1) is 0 Å². The number of para-hydroxylation sites is 2. The summed E-state index contributed by atoms with van der Waals surface area (Å²) in [5.74, 6) is 1.41. The summed E-state index contributed by atoms with van der Waals surface area (Å²) in [6, 6.07) is 19.2. The number of hydrogen-bond donors (Lipinski definition) is 1. The van der Waals surface area contributed by atoms with Gasteiger partial charge in [0.2, 0.25) is 6.41 Å². The monoisotopic (exact) mass is 304 g/mol. The summed E-state index contributed by atoms with van der Waals surface area (Å²) in [5.41, 5.74) is 2.55. The van der Waals surface area contributed by atoms with Crippen LogP contribution in [0.3, 0.4) is 0 Å². The number of rotatable bonds is 5. The van der Waals surface area contributed by atoms with Crippen LogP contribution in [0.4, 0.5) is 17.2 Å². The highest BCUT2D eigenvalue weighted by Gasteiger charge is 2.11. The van der Waals surface area contributed by atoms with Gasteiger partial charge in [0.25, 0.3) is 0 Å². The van der Waals surface area contributed by atoms with Gasteiger partial charge in [-0.2, -0.15) is 0 Å². The van der Waals surface area contributed by atoms with Crippen LogP contribution in [0.25, 0.3) is 11.4 Å². The Morgan fingerprint density at radius 1 is 1.00 bits per heavy atom. The molecule has 1 N–H and O–H groups in total. The second-order valence-corrected chi connectivity index (χ2v) is 4.94. The van der Waals surface area contributed by atoms with Gasteiger partial charge in [-0.1, -0.05) is 42.5 Å². The van der Waals surface area contributed by atoms with Crippen LogP contribution in [0.5, 0.6) is 0 Å². The van der Waals surface area contributed by atoms with E-state index < -0.39 is 0 Å². The lowest BCUT2D eigenvalue weighted by Crippen LogP contribution is -2.14. The largest absolute Gasteiger partial charge is 0.328 e. The van der Waals surface area contributed by atoms with E-state index in [0.29, 0.717) is 12.2 Å². The van der Waals surface area contributed by atoms with Crippen molar-refractivity contribution in [3.63, 3.8) is 0 Å². The van der Waals surface area contributed by atoms with Gasteiger partial charge in [-0.25, -0.2) is 9.97 Å². The number of benzene rings is 2. The number of nitrogens with one attached hydrogen (secondary N) is 1. The molecule has 3 rings (SSSR count). The minimum atomic E-state index is 0.663. The van der Waals surface area contributed by atoms with Crippen LogP contribution >= 0.6 is 0 Å². The number of nitrogens with zero attached hydrogens (tertiary/aromatic N) is 3. The summed E-state index contributed by atoms with van der Waals surface area (Å²) in [4.78, 5) is 21.6. The summed E-state index contributed by atoms with van der Waals surface area (Å²) in [7, 11) is 1.91. The Morgan fingerprint density at radius 2 is 1.74 bits per heavy atom. The number of aromatic nitrogens is 2. The Balaban J connectivity index is 1.98. The average molecular weight is 304 g/mol.